The molecule has 35 heavy (non-hydrogen) atoms. The normalized spacial score (nSPS) is 13.4. The van der Waals surface area contributed by atoms with Gasteiger partial charge in [-0.15, -0.1) is 0 Å². The van der Waals surface area contributed by atoms with Gasteiger partial charge in [0.2, 0.25) is 0 Å². The van der Waals surface area contributed by atoms with Gasteiger partial charge in [0.25, 0.3) is 0 Å². The third kappa shape index (κ3) is 4.20. The highest BCUT2D eigenvalue weighted by molar-refractivity contribution is 7.91. The van der Waals surface area contributed by atoms with Crippen molar-refractivity contribution in [2.75, 3.05) is 0 Å². The largest absolute Gasteiger partial charge is 0.346 e. The van der Waals surface area contributed by atoms with Crippen molar-refractivity contribution < 1.29 is 8.42 Å². The van der Waals surface area contributed by atoms with Crippen LogP contribution in [0, 0.1) is 11.3 Å². The van der Waals surface area contributed by atoms with Crippen LogP contribution in [0.25, 0.3) is 22.3 Å². The SMILES string of the molecule is CC(c1ccccc1)S(=O)(=O)c1cccc(C(CC#N)n2cc(-c3ncnc4[nH]ccc34)cn2)c1. The Kier molecular flexibility index (Phi) is 5.89. The summed E-state index contributed by atoms with van der Waals surface area (Å²) < 4.78 is 28.5. The third-order valence-corrected chi connectivity index (χ3v) is 8.25. The molecule has 5 rings (SSSR count). The smallest absolute Gasteiger partial charge is 0.185 e. The van der Waals surface area contributed by atoms with Crippen molar-refractivity contribution in [1.82, 2.24) is 24.7 Å². The van der Waals surface area contributed by atoms with Crippen LogP contribution in [0.15, 0.2) is 90.5 Å². The van der Waals surface area contributed by atoms with E-state index in [0.29, 0.717) is 5.56 Å². The number of rotatable bonds is 7. The summed E-state index contributed by atoms with van der Waals surface area (Å²) in [6.07, 6.45) is 6.93. The minimum absolute atomic E-state index is 0.127. The number of hydrogen-bond donors (Lipinski definition) is 1. The van der Waals surface area contributed by atoms with Gasteiger partial charge >= 0.3 is 0 Å². The molecule has 0 spiro atoms. The molecule has 9 heteroatoms. The molecule has 2 aromatic carbocycles. The fourth-order valence-electron chi connectivity index (χ4n) is 4.19. The maximum atomic E-state index is 13.4. The average molecular weight is 483 g/mol. The third-order valence-electron chi connectivity index (χ3n) is 6.14. The van der Waals surface area contributed by atoms with Crippen molar-refractivity contribution in [2.24, 2.45) is 0 Å². The molecule has 3 heterocycles. The first-order valence-corrected chi connectivity index (χ1v) is 12.6. The van der Waals surface area contributed by atoms with E-state index in [1.165, 1.54) is 6.33 Å². The number of nitrogens with zero attached hydrogens (tertiary/aromatic N) is 5. The van der Waals surface area contributed by atoms with Crippen LogP contribution in [0.5, 0.6) is 0 Å². The van der Waals surface area contributed by atoms with E-state index in [4.69, 9.17) is 0 Å². The molecule has 5 aromatic rings. The zero-order valence-corrected chi connectivity index (χ0v) is 19.7. The number of H-pyrrole nitrogens is 1. The molecule has 3 aromatic heterocycles. The molecular formula is C26H22N6O2S. The number of aromatic amines is 1. The number of fused-ring (bicyclic) bond motifs is 1. The molecule has 0 fully saturated rings. The van der Waals surface area contributed by atoms with Crippen LogP contribution in [0.2, 0.25) is 0 Å². The molecule has 2 atom stereocenters. The topological polar surface area (TPSA) is 117 Å². The highest BCUT2D eigenvalue weighted by Crippen LogP contribution is 2.32. The first-order valence-electron chi connectivity index (χ1n) is 11.1. The van der Waals surface area contributed by atoms with Gasteiger partial charge in [0.15, 0.2) is 9.84 Å². The number of nitriles is 1. The molecule has 0 bridgehead atoms. The summed E-state index contributed by atoms with van der Waals surface area (Å²) in [6.45, 7) is 1.69. The Hall–Kier alpha value is -4.29. The van der Waals surface area contributed by atoms with Gasteiger partial charge in [0.1, 0.15) is 12.0 Å². The van der Waals surface area contributed by atoms with Crippen LogP contribution >= 0.6 is 0 Å². The van der Waals surface area contributed by atoms with Crippen LogP contribution in [0.4, 0.5) is 0 Å². The number of benzene rings is 2. The van der Waals surface area contributed by atoms with Crippen molar-refractivity contribution in [3.05, 3.63) is 96.7 Å². The molecule has 8 nitrogen and oxygen atoms in total. The van der Waals surface area contributed by atoms with Crippen molar-refractivity contribution in [2.45, 2.75) is 29.5 Å². The van der Waals surface area contributed by atoms with E-state index >= 15 is 0 Å². The second-order valence-electron chi connectivity index (χ2n) is 8.22. The van der Waals surface area contributed by atoms with Gasteiger partial charge < -0.3 is 4.98 Å². The summed E-state index contributed by atoms with van der Waals surface area (Å²) in [5, 5.41) is 14.2. The van der Waals surface area contributed by atoms with Crippen molar-refractivity contribution in [3.8, 4) is 17.3 Å². The van der Waals surface area contributed by atoms with Crippen molar-refractivity contribution in [3.63, 3.8) is 0 Å². The van der Waals surface area contributed by atoms with Gasteiger partial charge in [0, 0.05) is 23.3 Å². The van der Waals surface area contributed by atoms with Gasteiger partial charge in [0.05, 0.1) is 40.6 Å². The highest BCUT2D eigenvalue weighted by Gasteiger charge is 2.26. The van der Waals surface area contributed by atoms with Gasteiger partial charge in [-0.2, -0.15) is 10.4 Å². The second kappa shape index (κ2) is 9.16. The molecule has 1 N–H and O–H groups in total. The Balaban J connectivity index is 1.51. The Bertz CT molecular complexity index is 1630. The zero-order chi connectivity index (χ0) is 24.4. The average Bonchev–Trinajstić information content (AvgIpc) is 3.57. The molecule has 0 aliphatic rings. The summed E-state index contributed by atoms with van der Waals surface area (Å²) in [5.74, 6) is 0. The lowest BCUT2D eigenvalue weighted by Gasteiger charge is -2.18. The summed E-state index contributed by atoms with van der Waals surface area (Å²) in [6, 6.07) is 19.6. The molecule has 174 valence electrons. The zero-order valence-electron chi connectivity index (χ0n) is 18.9. The molecule has 0 aliphatic heterocycles. The Morgan fingerprint density at radius 3 is 2.66 bits per heavy atom. The predicted molar refractivity (Wildman–Crippen MR) is 132 cm³/mol. The van der Waals surface area contributed by atoms with Crippen LogP contribution in [-0.4, -0.2) is 33.2 Å². The molecular weight excluding hydrogens is 460 g/mol. The van der Waals surface area contributed by atoms with Crippen LogP contribution in [-0.2, 0) is 9.84 Å². The summed E-state index contributed by atoms with van der Waals surface area (Å²) in [5.41, 5.74) is 3.65. The number of aromatic nitrogens is 5. The van der Waals surface area contributed by atoms with E-state index < -0.39 is 21.1 Å². The standard InChI is InChI=1S/C26H22N6O2S/c1-18(19-6-3-2-4-7-19)35(33,34)22-9-5-8-20(14-22)24(10-12-27)32-16-21(15-31-32)25-23-11-13-28-26(23)30-17-29-25/h2-9,11,13-18,24H,10H2,1H3,(H,28,29,30). The maximum absolute atomic E-state index is 13.4. The molecule has 0 amide bonds. The summed E-state index contributed by atoms with van der Waals surface area (Å²) >= 11 is 0. The van der Waals surface area contributed by atoms with E-state index in [9.17, 15) is 13.7 Å². The van der Waals surface area contributed by atoms with E-state index in [-0.39, 0.29) is 11.3 Å². The van der Waals surface area contributed by atoms with E-state index in [1.807, 2.05) is 48.7 Å². The van der Waals surface area contributed by atoms with Gasteiger partial charge in [-0.1, -0.05) is 42.5 Å². The van der Waals surface area contributed by atoms with E-state index in [0.717, 1.165) is 27.9 Å². The fraction of sp³-hybridized carbons (Fsp3) is 0.154. The van der Waals surface area contributed by atoms with Gasteiger partial charge in [-0.3, -0.25) is 4.68 Å². The lowest BCUT2D eigenvalue weighted by molar-refractivity contribution is 0.531. The molecule has 0 radical (unpaired) electrons. The minimum atomic E-state index is -3.63. The monoisotopic (exact) mass is 482 g/mol. The lowest BCUT2D eigenvalue weighted by Crippen LogP contribution is -2.14. The van der Waals surface area contributed by atoms with E-state index in [2.05, 4.69) is 26.1 Å². The lowest BCUT2D eigenvalue weighted by atomic mass is 10.0. The number of hydrogen-bond acceptors (Lipinski definition) is 6. The quantitative estimate of drug-likeness (QED) is 0.354. The Morgan fingerprint density at radius 1 is 1.06 bits per heavy atom. The molecule has 2 unspecified atom stereocenters. The second-order valence-corrected chi connectivity index (χ2v) is 10.5. The van der Waals surface area contributed by atoms with Crippen LogP contribution in [0.3, 0.4) is 0 Å². The number of sulfone groups is 1. The number of nitrogens with one attached hydrogen (secondary N) is 1. The first kappa shape index (κ1) is 22.5. The van der Waals surface area contributed by atoms with Crippen LogP contribution < -0.4 is 0 Å². The van der Waals surface area contributed by atoms with Gasteiger partial charge in [-0.05, 0) is 36.2 Å². The minimum Gasteiger partial charge on any atom is -0.346 e. The summed E-state index contributed by atoms with van der Waals surface area (Å²) in [7, 11) is -3.63. The summed E-state index contributed by atoms with van der Waals surface area (Å²) in [4.78, 5) is 11.9. The fourth-order valence-corrected chi connectivity index (χ4v) is 5.68. The molecule has 0 aliphatic carbocycles. The highest BCUT2D eigenvalue weighted by atomic mass is 32.2. The maximum Gasteiger partial charge on any atom is 0.185 e. The van der Waals surface area contributed by atoms with Gasteiger partial charge in [-0.25, -0.2) is 18.4 Å². The van der Waals surface area contributed by atoms with E-state index in [1.54, 1.807) is 42.2 Å². The van der Waals surface area contributed by atoms with Crippen molar-refractivity contribution in [1.29, 1.82) is 5.26 Å². The Labute approximate surface area is 202 Å². The molecule has 0 saturated heterocycles. The van der Waals surface area contributed by atoms with Crippen molar-refractivity contribution >= 4 is 20.9 Å². The Morgan fingerprint density at radius 2 is 1.86 bits per heavy atom. The molecule has 0 saturated carbocycles. The first-order chi connectivity index (χ1) is 17.0. The van der Waals surface area contributed by atoms with Crippen LogP contribution in [0.1, 0.15) is 35.8 Å². The predicted octanol–water partition coefficient (Wildman–Crippen LogP) is 4.86.